The van der Waals surface area contributed by atoms with Gasteiger partial charge in [0.1, 0.15) is 5.82 Å². The fourth-order valence-electron chi connectivity index (χ4n) is 1.66. The molecule has 2 atom stereocenters. The summed E-state index contributed by atoms with van der Waals surface area (Å²) in [5, 5.41) is 9.44. The molecule has 2 unspecified atom stereocenters. The second kappa shape index (κ2) is 2.54. The minimum atomic E-state index is -0.518. The highest BCUT2D eigenvalue weighted by Gasteiger charge is 2.26. The predicted molar refractivity (Wildman–Crippen MR) is 42.9 cm³/mol. The maximum Gasteiger partial charge on any atom is 0.123 e. The first kappa shape index (κ1) is 7.71. The van der Waals surface area contributed by atoms with Crippen LogP contribution in [0.2, 0.25) is 0 Å². The molecule has 1 aliphatic rings. The number of fused-ring (bicyclic) bond motifs is 1. The van der Waals surface area contributed by atoms with Gasteiger partial charge >= 0.3 is 0 Å². The van der Waals surface area contributed by atoms with Gasteiger partial charge in [-0.2, -0.15) is 0 Å². The third-order valence-electron chi connectivity index (χ3n) is 2.28. The second-order valence-corrected chi connectivity index (χ2v) is 3.13. The molecule has 0 aliphatic heterocycles. The molecule has 0 fully saturated rings. The number of halogens is 1. The Morgan fingerprint density at radius 2 is 2.17 bits per heavy atom. The molecule has 2 nitrogen and oxygen atoms in total. The van der Waals surface area contributed by atoms with Crippen LogP contribution >= 0.6 is 0 Å². The highest BCUT2D eigenvalue weighted by Crippen LogP contribution is 2.37. The Labute approximate surface area is 69.8 Å². The van der Waals surface area contributed by atoms with E-state index in [-0.39, 0.29) is 11.9 Å². The maximum atomic E-state index is 12.7. The lowest BCUT2D eigenvalue weighted by molar-refractivity contribution is 0.173. The molecule has 0 heterocycles. The number of benzene rings is 1. The van der Waals surface area contributed by atoms with Gasteiger partial charge in [0.05, 0.1) is 6.10 Å². The van der Waals surface area contributed by atoms with E-state index in [9.17, 15) is 9.50 Å². The predicted octanol–water partition coefficient (Wildman–Crippen LogP) is 1.26. The molecule has 1 aromatic rings. The van der Waals surface area contributed by atoms with Gasteiger partial charge in [-0.05, 0) is 29.7 Å². The molecule has 1 aliphatic carbocycles. The van der Waals surface area contributed by atoms with E-state index < -0.39 is 6.10 Å². The Morgan fingerprint density at radius 1 is 1.42 bits per heavy atom. The Hall–Kier alpha value is -0.930. The van der Waals surface area contributed by atoms with Crippen molar-refractivity contribution >= 4 is 0 Å². The smallest absolute Gasteiger partial charge is 0.123 e. The summed E-state index contributed by atoms with van der Waals surface area (Å²) in [5.41, 5.74) is 7.18. The quantitative estimate of drug-likeness (QED) is 0.611. The zero-order chi connectivity index (χ0) is 8.72. The fraction of sp³-hybridized carbons (Fsp3) is 0.333. The number of nitrogens with two attached hydrogens (primary N) is 1. The minimum absolute atomic E-state index is 0.217. The monoisotopic (exact) mass is 167 g/mol. The third-order valence-corrected chi connectivity index (χ3v) is 2.28. The van der Waals surface area contributed by atoms with Crippen LogP contribution in [-0.4, -0.2) is 5.11 Å². The van der Waals surface area contributed by atoms with Crippen molar-refractivity contribution in [2.24, 2.45) is 5.73 Å². The highest BCUT2D eigenvalue weighted by molar-refractivity contribution is 5.36. The van der Waals surface area contributed by atoms with Crippen LogP contribution in [0.3, 0.4) is 0 Å². The van der Waals surface area contributed by atoms with Crippen molar-refractivity contribution in [3.8, 4) is 0 Å². The van der Waals surface area contributed by atoms with E-state index in [1.54, 1.807) is 6.07 Å². The van der Waals surface area contributed by atoms with E-state index in [1.807, 2.05) is 0 Å². The number of aliphatic hydroxyl groups is 1. The fourth-order valence-corrected chi connectivity index (χ4v) is 1.66. The van der Waals surface area contributed by atoms with Gasteiger partial charge in [-0.25, -0.2) is 4.39 Å². The lowest BCUT2D eigenvalue weighted by Crippen LogP contribution is -2.05. The van der Waals surface area contributed by atoms with Crippen LogP contribution in [0, 0.1) is 5.82 Å². The van der Waals surface area contributed by atoms with Gasteiger partial charge in [0.25, 0.3) is 0 Å². The van der Waals surface area contributed by atoms with Gasteiger partial charge in [-0.3, -0.25) is 0 Å². The van der Waals surface area contributed by atoms with Crippen molar-refractivity contribution in [1.29, 1.82) is 0 Å². The van der Waals surface area contributed by atoms with Crippen LogP contribution in [-0.2, 0) is 0 Å². The summed E-state index contributed by atoms with van der Waals surface area (Å²) in [6.07, 6.45) is -0.0192. The standard InChI is InChI=1S/C9H10FNO/c10-5-1-2-6-7(3-5)8(11)4-9(6)12/h1-3,8-9,12H,4,11H2. The molecular formula is C9H10FNO. The van der Waals surface area contributed by atoms with Crippen molar-refractivity contribution in [2.75, 3.05) is 0 Å². The average Bonchev–Trinajstić information content (AvgIpc) is 2.28. The van der Waals surface area contributed by atoms with Crippen LogP contribution < -0.4 is 5.73 Å². The Bertz CT molecular complexity index is 313. The van der Waals surface area contributed by atoms with Gasteiger partial charge in [0, 0.05) is 6.04 Å². The Kier molecular flexibility index (Phi) is 1.63. The number of hydrogen-bond acceptors (Lipinski definition) is 2. The van der Waals surface area contributed by atoms with E-state index >= 15 is 0 Å². The number of aliphatic hydroxyl groups excluding tert-OH is 1. The molecule has 0 amide bonds. The second-order valence-electron chi connectivity index (χ2n) is 3.13. The molecule has 12 heavy (non-hydrogen) atoms. The van der Waals surface area contributed by atoms with E-state index in [1.165, 1.54) is 12.1 Å². The van der Waals surface area contributed by atoms with Gasteiger partial charge in [0.15, 0.2) is 0 Å². The molecule has 2 rings (SSSR count). The molecular weight excluding hydrogens is 157 g/mol. The Morgan fingerprint density at radius 3 is 2.92 bits per heavy atom. The summed E-state index contributed by atoms with van der Waals surface area (Å²) in [5.74, 6) is -0.293. The summed E-state index contributed by atoms with van der Waals surface area (Å²) in [7, 11) is 0. The zero-order valence-electron chi connectivity index (χ0n) is 6.50. The molecule has 0 bridgehead atoms. The van der Waals surface area contributed by atoms with E-state index in [0.717, 1.165) is 11.1 Å². The summed E-state index contributed by atoms with van der Waals surface area (Å²) in [4.78, 5) is 0. The molecule has 0 saturated heterocycles. The molecule has 0 saturated carbocycles. The minimum Gasteiger partial charge on any atom is -0.388 e. The van der Waals surface area contributed by atoms with Crippen molar-refractivity contribution < 1.29 is 9.50 Å². The number of hydrogen-bond donors (Lipinski definition) is 2. The highest BCUT2D eigenvalue weighted by atomic mass is 19.1. The van der Waals surface area contributed by atoms with Crippen LogP contribution in [0.5, 0.6) is 0 Å². The first-order chi connectivity index (χ1) is 5.68. The van der Waals surface area contributed by atoms with Crippen LogP contribution in [0.25, 0.3) is 0 Å². The van der Waals surface area contributed by atoms with Gasteiger partial charge in [-0.1, -0.05) is 6.07 Å². The number of rotatable bonds is 0. The van der Waals surface area contributed by atoms with E-state index in [0.29, 0.717) is 6.42 Å². The van der Waals surface area contributed by atoms with Crippen molar-refractivity contribution in [1.82, 2.24) is 0 Å². The normalized spacial score (nSPS) is 27.2. The molecule has 3 N–H and O–H groups in total. The summed E-state index contributed by atoms with van der Waals surface area (Å²) in [6, 6.07) is 4.13. The molecule has 64 valence electrons. The Balaban J connectivity index is 2.53. The van der Waals surface area contributed by atoms with Crippen molar-refractivity contribution in [3.63, 3.8) is 0 Å². The van der Waals surface area contributed by atoms with Gasteiger partial charge in [0.2, 0.25) is 0 Å². The molecule has 3 heteroatoms. The molecule has 0 aromatic heterocycles. The lowest BCUT2D eigenvalue weighted by Gasteiger charge is -2.02. The van der Waals surface area contributed by atoms with Gasteiger partial charge < -0.3 is 10.8 Å². The average molecular weight is 167 g/mol. The summed E-state index contributed by atoms with van der Waals surface area (Å²) < 4.78 is 12.7. The van der Waals surface area contributed by atoms with Crippen molar-refractivity contribution in [3.05, 3.63) is 35.1 Å². The topological polar surface area (TPSA) is 46.2 Å². The molecule has 0 spiro atoms. The van der Waals surface area contributed by atoms with Crippen LogP contribution in [0.4, 0.5) is 4.39 Å². The van der Waals surface area contributed by atoms with Crippen LogP contribution in [0.1, 0.15) is 29.7 Å². The SMILES string of the molecule is NC1CC(O)c2ccc(F)cc21. The lowest BCUT2D eigenvalue weighted by atomic mass is 10.1. The van der Waals surface area contributed by atoms with E-state index in [2.05, 4.69) is 0 Å². The first-order valence-corrected chi connectivity index (χ1v) is 3.91. The van der Waals surface area contributed by atoms with Crippen molar-refractivity contribution in [2.45, 2.75) is 18.6 Å². The van der Waals surface area contributed by atoms with E-state index in [4.69, 9.17) is 5.73 Å². The van der Waals surface area contributed by atoms with Gasteiger partial charge in [-0.15, -0.1) is 0 Å². The summed E-state index contributed by atoms with van der Waals surface area (Å²) >= 11 is 0. The van der Waals surface area contributed by atoms with Crippen LogP contribution in [0.15, 0.2) is 18.2 Å². The maximum absolute atomic E-state index is 12.7. The largest absolute Gasteiger partial charge is 0.388 e. The zero-order valence-corrected chi connectivity index (χ0v) is 6.50. The summed E-state index contributed by atoms with van der Waals surface area (Å²) in [6.45, 7) is 0. The molecule has 0 radical (unpaired) electrons. The first-order valence-electron chi connectivity index (χ1n) is 3.91. The third kappa shape index (κ3) is 1.02. The molecule has 1 aromatic carbocycles.